The van der Waals surface area contributed by atoms with E-state index in [4.69, 9.17) is 5.73 Å². The zero-order chi connectivity index (χ0) is 18.7. The van der Waals surface area contributed by atoms with Crippen molar-refractivity contribution in [1.82, 2.24) is 4.98 Å². The van der Waals surface area contributed by atoms with E-state index in [0.29, 0.717) is 33.8 Å². The van der Waals surface area contributed by atoms with E-state index in [1.165, 1.54) is 0 Å². The van der Waals surface area contributed by atoms with Gasteiger partial charge in [-0.3, -0.25) is 9.52 Å². The Balaban J connectivity index is 1.92. The summed E-state index contributed by atoms with van der Waals surface area (Å²) >= 11 is 0. The summed E-state index contributed by atoms with van der Waals surface area (Å²) in [6.07, 6.45) is 0. The highest BCUT2D eigenvalue weighted by Crippen LogP contribution is 2.29. The number of sulfonamides is 1. The molecule has 134 valence electrons. The lowest BCUT2D eigenvalue weighted by Gasteiger charge is -2.12. The molecule has 3 rings (SSSR count). The smallest absolute Gasteiger partial charge is 0.250 e. The monoisotopic (exact) mass is 369 g/mol. The third-order valence-electron chi connectivity index (χ3n) is 3.96. The number of carbonyl (C=O) groups is 1. The molecule has 2 aromatic carbocycles. The molecule has 0 aliphatic rings. The summed E-state index contributed by atoms with van der Waals surface area (Å²) in [6.45, 7) is 1.74. The van der Waals surface area contributed by atoms with Gasteiger partial charge in [0.05, 0.1) is 17.0 Å². The van der Waals surface area contributed by atoms with Crippen LogP contribution in [0.4, 0.5) is 5.69 Å². The van der Waals surface area contributed by atoms with E-state index >= 15 is 0 Å². The number of amides is 1. The number of nitrogens with one attached hydrogen (secondary N) is 2. The Hall–Kier alpha value is -3.06. The number of benzene rings is 2. The second kappa shape index (κ2) is 7.05. The summed E-state index contributed by atoms with van der Waals surface area (Å²) in [5, 5.41) is 0. The summed E-state index contributed by atoms with van der Waals surface area (Å²) in [7, 11) is -3.59. The maximum Gasteiger partial charge on any atom is 0.250 e. The van der Waals surface area contributed by atoms with Gasteiger partial charge in [-0.25, -0.2) is 8.42 Å². The van der Waals surface area contributed by atoms with Gasteiger partial charge >= 0.3 is 0 Å². The van der Waals surface area contributed by atoms with Crippen LogP contribution in [0.3, 0.4) is 0 Å². The van der Waals surface area contributed by atoms with E-state index < -0.39 is 15.9 Å². The molecule has 1 heterocycles. The molecule has 3 aromatic rings. The number of aromatic amines is 1. The first-order chi connectivity index (χ1) is 12.4. The molecule has 0 radical (unpaired) electrons. The largest absolute Gasteiger partial charge is 0.366 e. The number of hydrogen-bond acceptors (Lipinski definition) is 3. The van der Waals surface area contributed by atoms with Crippen LogP contribution in [-0.4, -0.2) is 19.3 Å². The molecule has 6 nitrogen and oxygen atoms in total. The Labute approximate surface area is 152 Å². The molecule has 1 aromatic heterocycles. The van der Waals surface area contributed by atoms with Gasteiger partial charge in [-0.2, -0.15) is 0 Å². The Kier molecular flexibility index (Phi) is 4.81. The summed E-state index contributed by atoms with van der Waals surface area (Å²) in [4.78, 5) is 14.6. The molecule has 0 saturated heterocycles. The highest BCUT2D eigenvalue weighted by Gasteiger charge is 2.17. The number of aryl methyl sites for hydroxylation is 1. The van der Waals surface area contributed by atoms with Crippen LogP contribution in [0.5, 0.6) is 0 Å². The first-order valence-electron chi connectivity index (χ1n) is 7.99. The topological polar surface area (TPSA) is 105 Å². The summed E-state index contributed by atoms with van der Waals surface area (Å²) in [6, 6.07) is 17.6. The van der Waals surface area contributed by atoms with E-state index in [9.17, 15) is 13.2 Å². The lowest BCUT2D eigenvalue weighted by atomic mass is 10.1. The number of anilines is 1. The van der Waals surface area contributed by atoms with Crippen molar-refractivity contribution in [2.45, 2.75) is 12.7 Å². The van der Waals surface area contributed by atoms with Crippen LogP contribution in [0.2, 0.25) is 0 Å². The van der Waals surface area contributed by atoms with Crippen LogP contribution in [0.25, 0.3) is 11.3 Å². The fourth-order valence-electron chi connectivity index (χ4n) is 2.76. The minimum absolute atomic E-state index is 0.127. The van der Waals surface area contributed by atoms with Gasteiger partial charge in [0.1, 0.15) is 0 Å². The molecular formula is C19H19N3O3S. The van der Waals surface area contributed by atoms with Gasteiger partial charge in [0.25, 0.3) is 5.91 Å². The average molecular weight is 369 g/mol. The van der Waals surface area contributed by atoms with Crippen molar-refractivity contribution in [2.24, 2.45) is 5.73 Å². The SMILES string of the molecule is Cc1[nH]c(-c2ccccc2NS(=O)(=O)Cc2ccccc2)cc1C(N)=O. The van der Waals surface area contributed by atoms with Crippen LogP contribution >= 0.6 is 0 Å². The molecule has 0 atom stereocenters. The molecule has 26 heavy (non-hydrogen) atoms. The molecule has 0 aliphatic carbocycles. The summed E-state index contributed by atoms with van der Waals surface area (Å²) in [5.41, 5.74) is 8.76. The van der Waals surface area contributed by atoms with E-state index in [1.807, 2.05) is 6.07 Å². The number of nitrogens with two attached hydrogens (primary N) is 1. The molecule has 0 spiro atoms. The second-order valence-corrected chi connectivity index (χ2v) is 7.70. The number of hydrogen-bond donors (Lipinski definition) is 3. The molecule has 0 unspecified atom stereocenters. The fourth-order valence-corrected chi connectivity index (χ4v) is 3.98. The van der Waals surface area contributed by atoms with Gasteiger partial charge in [0.2, 0.25) is 10.0 Å². The standard InChI is InChI=1S/C19H19N3O3S/c1-13-16(19(20)23)11-18(21-13)15-9-5-6-10-17(15)22-26(24,25)12-14-7-3-2-4-8-14/h2-11,21-22H,12H2,1H3,(H2,20,23). The molecule has 4 N–H and O–H groups in total. The Morgan fingerprint density at radius 2 is 1.73 bits per heavy atom. The van der Waals surface area contributed by atoms with E-state index in [-0.39, 0.29) is 5.75 Å². The molecule has 0 fully saturated rings. The van der Waals surface area contributed by atoms with Gasteiger partial charge < -0.3 is 10.7 Å². The number of para-hydroxylation sites is 1. The third kappa shape index (κ3) is 3.94. The third-order valence-corrected chi connectivity index (χ3v) is 5.21. The minimum atomic E-state index is -3.59. The van der Waals surface area contributed by atoms with Gasteiger partial charge in [-0.1, -0.05) is 48.5 Å². The van der Waals surface area contributed by atoms with Crippen molar-refractivity contribution in [3.8, 4) is 11.3 Å². The lowest BCUT2D eigenvalue weighted by Crippen LogP contribution is -2.15. The van der Waals surface area contributed by atoms with Crippen LogP contribution in [0.15, 0.2) is 60.7 Å². The maximum absolute atomic E-state index is 12.5. The molecule has 0 aliphatic heterocycles. The molecule has 1 amide bonds. The maximum atomic E-state index is 12.5. The predicted molar refractivity (Wildman–Crippen MR) is 102 cm³/mol. The predicted octanol–water partition coefficient (Wildman–Crippen LogP) is 3.03. The molecule has 0 saturated carbocycles. The number of H-pyrrole nitrogens is 1. The lowest BCUT2D eigenvalue weighted by molar-refractivity contribution is 0.1000. The average Bonchev–Trinajstić information content (AvgIpc) is 2.97. The first-order valence-corrected chi connectivity index (χ1v) is 9.64. The highest BCUT2D eigenvalue weighted by molar-refractivity contribution is 7.91. The zero-order valence-electron chi connectivity index (χ0n) is 14.2. The summed E-state index contributed by atoms with van der Waals surface area (Å²) < 4.78 is 27.7. The van der Waals surface area contributed by atoms with E-state index in [2.05, 4.69) is 9.71 Å². The number of aromatic nitrogens is 1. The fraction of sp³-hybridized carbons (Fsp3) is 0.105. The van der Waals surface area contributed by atoms with Gasteiger partial charge in [0.15, 0.2) is 0 Å². The van der Waals surface area contributed by atoms with Gasteiger partial charge in [-0.05, 0) is 24.6 Å². The second-order valence-electron chi connectivity index (χ2n) is 5.98. The van der Waals surface area contributed by atoms with Crippen LogP contribution in [0, 0.1) is 6.92 Å². The van der Waals surface area contributed by atoms with Crippen molar-refractivity contribution in [2.75, 3.05) is 4.72 Å². The van der Waals surface area contributed by atoms with Crippen molar-refractivity contribution >= 4 is 21.6 Å². The van der Waals surface area contributed by atoms with Crippen molar-refractivity contribution in [3.05, 3.63) is 77.5 Å². The normalized spacial score (nSPS) is 11.3. The quantitative estimate of drug-likeness (QED) is 0.622. The molecule has 7 heteroatoms. The van der Waals surface area contributed by atoms with Crippen molar-refractivity contribution in [1.29, 1.82) is 0 Å². The Morgan fingerprint density at radius 1 is 1.08 bits per heavy atom. The van der Waals surface area contributed by atoms with E-state index in [0.717, 1.165) is 0 Å². The van der Waals surface area contributed by atoms with Gasteiger partial charge in [0, 0.05) is 17.0 Å². The summed E-state index contributed by atoms with van der Waals surface area (Å²) in [5.74, 6) is -0.662. The van der Waals surface area contributed by atoms with Crippen molar-refractivity contribution in [3.63, 3.8) is 0 Å². The first kappa shape index (κ1) is 17.8. The van der Waals surface area contributed by atoms with Gasteiger partial charge in [-0.15, -0.1) is 0 Å². The van der Waals surface area contributed by atoms with Crippen molar-refractivity contribution < 1.29 is 13.2 Å². The van der Waals surface area contributed by atoms with Crippen LogP contribution in [-0.2, 0) is 15.8 Å². The molecular weight excluding hydrogens is 350 g/mol. The number of primary amides is 1. The van der Waals surface area contributed by atoms with Crippen LogP contribution in [0.1, 0.15) is 21.6 Å². The van der Waals surface area contributed by atoms with Crippen LogP contribution < -0.4 is 10.5 Å². The number of carbonyl (C=O) groups excluding carboxylic acids is 1. The highest BCUT2D eigenvalue weighted by atomic mass is 32.2. The zero-order valence-corrected chi connectivity index (χ0v) is 15.0. The Bertz CT molecular complexity index is 1040. The number of rotatable bonds is 6. The minimum Gasteiger partial charge on any atom is -0.366 e. The van der Waals surface area contributed by atoms with E-state index in [1.54, 1.807) is 61.5 Å². The Morgan fingerprint density at radius 3 is 2.38 bits per heavy atom. The molecule has 0 bridgehead atoms.